The van der Waals surface area contributed by atoms with Crippen LogP contribution in [0.1, 0.15) is 19.8 Å². The number of pyridine rings is 1. The summed E-state index contributed by atoms with van der Waals surface area (Å²) in [6, 6.07) is 8.99. The van der Waals surface area contributed by atoms with Crippen molar-refractivity contribution in [2.24, 2.45) is 24.6 Å². The van der Waals surface area contributed by atoms with Crippen molar-refractivity contribution in [2.75, 3.05) is 38.8 Å². The van der Waals surface area contributed by atoms with Gasteiger partial charge in [-0.3, -0.25) is 9.67 Å². The molecule has 0 bridgehead atoms. The molecule has 2 aromatic heterocycles. The lowest BCUT2D eigenvalue weighted by molar-refractivity contribution is 0.107. The molecule has 7 heteroatoms. The third kappa shape index (κ3) is 4.89. The van der Waals surface area contributed by atoms with Crippen molar-refractivity contribution in [3.05, 3.63) is 54.7 Å². The number of nitrogens with two attached hydrogens (primary N) is 1. The highest BCUT2D eigenvalue weighted by Crippen LogP contribution is 2.37. The Hall–Kier alpha value is -2.90. The molecule has 1 aromatic carbocycles. The Kier molecular flexibility index (Phi) is 7.30. The van der Waals surface area contributed by atoms with Crippen LogP contribution < -0.4 is 10.6 Å². The van der Waals surface area contributed by atoms with Gasteiger partial charge in [0.1, 0.15) is 0 Å². The van der Waals surface area contributed by atoms with E-state index in [1.807, 2.05) is 30.3 Å². The molecule has 0 amide bonds. The van der Waals surface area contributed by atoms with Crippen LogP contribution in [-0.2, 0) is 16.5 Å². The monoisotopic (exact) mass is 449 g/mol. The van der Waals surface area contributed by atoms with E-state index in [-0.39, 0.29) is 12.0 Å². The molecule has 0 saturated heterocycles. The van der Waals surface area contributed by atoms with Crippen molar-refractivity contribution in [1.82, 2.24) is 14.8 Å². The summed E-state index contributed by atoms with van der Waals surface area (Å²) in [4.78, 5) is 7.21. The summed E-state index contributed by atoms with van der Waals surface area (Å²) in [6.07, 6.45) is 9.87. The lowest BCUT2D eigenvalue weighted by Crippen LogP contribution is -2.49. The smallest absolute Gasteiger partial charge is 0.0964 e. The van der Waals surface area contributed by atoms with Gasteiger partial charge in [0, 0.05) is 73.2 Å². The summed E-state index contributed by atoms with van der Waals surface area (Å²) in [6.45, 7) is 4.49. The summed E-state index contributed by atoms with van der Waals surface area (Å²) in [5.41, 5.74) is 10.2. The van der Waals surface area contributed by atoms with Crippen LogP contribution in [0.5, 0.6) is 0 Å². The highest BCUT2D eigenvalue weighted by atomic mass is 16.5. The third-order valence-corrected chi connectivity index (χ3v) is 6.68. The summed E-state index contributed by atoms with van der Waals surface area (Å²) >= 11 is 0. The molecule has 7 nitrogen and oxygen atoms in total. The minimum atomic E-state index is 0.247. The summed E-state index contributed by atoms with van der Waals surface area (Å²) < 4.78 is 13.2. The fraction of sp³-hybridized carbons (Fsp3) is 0.462. The van der Waals surface area contributed by atoms with Crippen molar-refractivity contribution in [1.29, 1.82) is 0 Å². The average molecular weight is 450 g/mol. The Morgan fingerprint density at radius 1 is 1.18 bits per heavy atom. The lowest BCUT2D eigenvalue weighted by Gasteiger charge is -2.44. The van der Waals surface area contributed by atoms with Gasteiger partial charge in [-0.05, 0) is 49.7 Å². The first-order valence-electron chi connectivity index (χ1n) is 11.6. The number of ether oxygens (including phenoxy) is 2. The molecule has 3 atom stereocenters. The van der Waals surface area contributed by atoms with E-state index in [1.54, 1.807) is 14.2 Å². The van der Waals surface area contributed by atoms with Gasteiger partial charge >= 0.3 is 0 Å². The summed E-state index contributed by atoms with van der Waals surface area (Å²) in [5.74, 6) is 1.67. The fourth-order valence-corrected chi connectivity index (χ4v) is 5.08. The van der Waals surface area contributed by atoms with Crippen LogP contribution in [0, 0.1) is 11.8 Å². The second-order valence-corrected chi connectivity index (χ2v) is 8.88. The molecule has 2 N–H and O–H groups in total. The van der Waals surface area contributed by atoms with Gasteiger partial charge in [0.25, 0.3) is 0 Å². The van der Waals surface area contributed by atoms with E-state index >= 15 is 0 Å². The molecular formula is C26H35N5O2. The molecule has 2 heterocycles. The van der Waals surface area contributed by atoms with Gasteiger partial charge in [-0.15, -0.1) is 0 Å². The number of hydrogen-bond acceptors (Lipinski definition) is 6. The summed E-state index contributed by atoms with van der Waals surface area (Å²) in [7, 11) is 5.47. The van der Waals surface area contributed by atoms with E-state index in [2.05, 4.69) is 47.3 Å². The molecule has 33 heavy (non-hydrogen) atoms. The second-order valence-electron chi connectivity index (χ2n) is 8.88. The van der Waals surface area contributed by atoms with Gasteiger partial charge in [0.05, 0.1) is 31.2 Å². The van der Waals surface area contributed by atoms with E-state index < -0.39 is 0 Å². The number of hydrogen-bond donors (Lipinski definition) is 1. The Bertz CT molecular complexity index is 1110. The van der Waals surface area contributed by atoms with Crippen LogP contribution in [0.4, 0.5) is 5.69 Å². The Morgan fingerprint density at radius 3 is 2.73 bits per heavy atom. The maximum Gasteiger partial charge on any atom is 0.0964 e. The maximum absolute atomic E-state index is 5.94. The predicted molar refractivity (Wildman–Crippen MR) is 133 cm³/mol. The highest BCUT2D eigenvalue weighted by molar-refractivity contribution is 5.86. The normalized spacial score (nSPS) is 20.6. The fourth-order valence-electron chi connectivity index (χ4n) is 5.08. The zero-order valence-corrected chi connectivity index (χ0v) is 20.1. The molecule has 4 rings (SSSR count). The van der Waals surface area contributed by atoms with E-state index in [0.717, 1.165) is 47.2 Å². The van der Waals surface area contributed by atoms with Gasteiger partial charge in [0.15, 0.2) is 0 Å². The molecule has 3 unspecified atom stereocenters. The van der Waals surface area contributed by atoms with Gasteiger partial charge in [-0.2, -0.15) is 5.10 Å². The number of methoxy groups -OCH3 is 2. The van der Waals surface area contributed by atoms with Crippen molar-refractivity contribution in [3.8, 4) is 11.1 Å². The molecule has 1 aliphatic carbocycles. The number of aryl methyl sites for hydroxylation is 1. The Labute approximate surface area is 196 Å². The quantitative estimate of drug-likeness (QED) is 0.532. The van der Waals surface area contributed by atoms with Crippen LogP contribution in [0.2, 0.25) is 0 Å². The number of aromatic nitrogens is 3. The first-order chi connectivity index (χ1) is 16.0. The molecule has 176 valence electrons. The Balaban J connectivity index is 1.75. The first-order valence-corrected chi connectivity index (χ1v) is 11.6. The first kappa shape index (κ1) is 23.3. The third-order valence-electron chi connectivity index (χ3n) is 6.68. The minimum absolute atomic E-state index is 0.247. The van der Waals surface area contributed by atoms with Gasteiger partial charge < -0.3 is 20.1 Å². The van der Waals surface area contributed by atoms with E-state index in [4.69, 9.17) is 20.2 Å². The van der Waals surface area contributed by atoms with E-state index in [9.17, 15) is 0 Å². The van der Waals surface area contributed by atoms with Crippen LogP contribution in [0.15, 0.2) is 54.7 Å². The predicted octanol–water partition coefficient (Wildman–Crippen LogP) is 3.99. The Morgan fingerprint density at radius 2 is 2.03 bits per heavy atom. The van der Waals surface area contributed by atoms with E-state index in [1.165, 1.54) is 5.69 Å². The van der Waals surface area contributed by atoms with Gasteiger partial charge in [-0.25, -0.2) is 0 Å². The number of fused-ring (bicyclic) bond motifs is 1. The number of allylic oxidation sites excluding steroid dienone is 1. The molecule has 0 radical (unpaired) electrons. The van der Waals surface area contributed by atoms with Crippen LogP contribution >= 0.6 is 0 Å². The molecule has 0 saturated carbocycles. The molecule has 3 aromatic rings. The zero-order valence-electron chi connectivity index (χ0n) is 20.1. The van der Waals surface area contributed by atoms with Crippen LogP contribution in [-0.4, -0.2) is 54.7 Å². The SMILES string of the molecule is COCC1CC=C(OC)C(C)C1N(CCCN)c1ccc2ncc(-c3cnn(C)c3)cc2c1. The number of anilines is 1. The van der Waals surface area contributed by atoms with E-state index in [0.29, 0.717) is 19.1 Å². The maximum atomic E-state index is 5.94. The highest BCUT2D eigenvalue weighted by Gasteiger charge is 2.37. The van der Waals surface area contributed by atoms with Crippen molar-refractivity contribution < 1.29 is 9.47 Å². The van der Waals surface area contributed by atoms with Crippen molar-refractivity contribution in [3.63, 3.8) is 0 Å². The molecule has 0 aliphatic heterocycles. The molecule has 0 fully saturated rings. The average Bonchev–Trinajstić information content (AvgIpc) is 3.26. The second kappa shape index (κ2) is 10.4. The lowest BCUT2D eigenvalue weighted by atomic mass is 9.80. The summed E-state index contributed by atoms with van der Waals surface area (Å²) in [5, 5.41) is 5.41. The minimum Gasteiger partial charge on any atom is -0.501 e. The van der Waals surface area contributed by atoms with Crippen LogP contribution in [0.25, 0.3) is 22.0 Å². The molecular weight excluding hydrogens is 414 g/mol. The molecule has 0 spiro atoms. The molecule has 1 aliphatic rings. The largest absolute Gasteiger partial charge is 0.501 e. The number of rotatable bonds is 9. The van der Waals surface area contributed by atoms with Gasteiger partial charge in [-0.1, -0.05) is 6.92 Å². The van der Waals surface area contributed by atoms with Gasteiger partial charge in [0.2, 0.25) is 0 Å². The van der Waals surface area contributed by atoms with Crippen LogP contribution in [0.3, 0.4) is 0 Å². The topological polar surface area (TPSA) is 78.4 Å². The number of nitrogens with zero attached hydrogens (tertiary/aromatic N) is 4. The van der Waals surface area contributed by atoms with Crippen molar-refractivity contribution >= 4 is 16.6 Å². The standard InChI is InChI=1S/C26H35N5O2/c1-18-25(33-4)9-6-19(17-32-3)26(18)31(11-5-10-27)23-7-8-24-20(13-23)12-21(14-28-24)22-15-29-30(2)16-22/h7-9,12-16,18-19,26H,5-6,10-11,17,27H2,1-4H3. The zero-order chi connectivity index (χ0) is 23.4. The number of benzene rings is 1. The van der Waals surface area contributed by atoms with Crippen molar-refractivity contribution in [2.45, 2.75) is 25.8 Å².